The fourth-order valence-electron chi connectivity index (χ4n) is 2.81. The SMILES string of the molecule is CC1CN(C(=O)c2ccc(NS(=O)(=O)c3ccc(F)cc3)cc2)CCN1. The number of carbonyl (C=O) groups excluding carboxylic acids is 1. The average Bonchev–Trinajstić information content (AvgIpc) is 2.62. The number of hydrogen-bond acceptors (Lipinski definition) is 4. The van der Waals surface area contributed by atoms with Gasteiger partial charge in [-0.3, -0.25) is 9.52 Å². The standard InChI is InChI=1S/C18H20FN3O3S/c1-13-12-22(11-10-20-13)18(23)14-2-6-16(7-3-14)21-26(24,25)17-8-4-15(19)5-9-17/h2-9,13,20-21H,10-12H2,1H3. The van der Waals surface area contributed by atoms with E-state index in [-0.39, 0.29) is 16.8 Å². The van der Waals surface area contributed by atoms with Crippen molar-refractivity contribution in [2.45, 2.75) is 17.9 Å². The number of amides is 1. The molecular formula is C18H20FN3O3S. The van der Waals surface area contributed by atoms with Gasteiger partial charge in [0.15, 0.2) is 0 Å². The van der Waals surface area contributed by atoms with Crippen LogP contribution in [-0.4, -0.2) is 44.9 Å². The minimum atomic E-state index is -3.81. The summed E-state index contributed by atoms with van der Waals surface area (Å²) in [6.07, 6.45) is 0. The second-order valence-electron chi connectivity index (χ2n) is 6.24. The van der Waals surface area contributed by atoms with E-state index in [2.05, 4.69) is 10.0 Å². The van der Waals surface area contributed by atoms with Gasteiger partial charge in [-0.25, -0.2) is 12.8 Å². The van der Waals surface area contributed by atoms with Crippen molar-refractivity contribution in [3.8, 4) is 0 Å². The lowest BCUT2D eigenvalue weighted by atomic mass is 10.1. The van der Waals surface area contributed by atoms with Gasteiger partial charge in [0, 0.05) is 36.9 Å². The molecule has 1 heterocycles. The van der Waals surface area contributed by atoms with Crippen molar-refractivity contribution in [1.82, 2.24) is 10.2 Å². The summed E-state index contributed by atoms with van der Waals surface area (Å²) in [6, 6.07) is 11.1. The number of rotatable bonds is 4. The Kier molecular flexibility index (Phi) is 5.24. The van der Waals surface area contributed by atoms with Crippen LogP contribution in [0.5, 0.6) is 0 Å². The third-order valence-electron chi connectivity index (χ3n) is 4.16. The Labute approximate surface area is 152 Å². The van der Waals surface area contributed by atoms with E-state index in [1.165, 1.54) is 12.1 Å². The molecule has 26 heavy (non-hydrogen) atoms. The highest BCUT2D eigenvalue weighted by molar-refractivity contribution is 7.92. The Balaban J connectivity index is 1.71. The predicted molar refractivity (Wildman–Crippen MR) is 97.0 cm³/mol. The number of halogens is 1. The molecular weight excluding hydrogens is 357 g/mol. The van der Waals surface area contributed by atoms with Gasteiger partial charge in [-0.05, 0) is 55.5 Å². The molecule has 1 aliphatic heterocycles. The van der Waals surface area contributed by atoms with Crippen LogP contribution in [-0.2, 0) is 10.0 Å². The average molecular weight is 377 g/mol. The fourth-order valence-corrected chi connectivity index (χ4v) is 3.87. The molecule has 0 aliphatic carbocycles. The summed E-state index contributed by atoms with van der Waals surface area (Å²) in [6.45, 7) is 4.05. The molecule has 1 unspecified atom stereocenters. The molecule has 138 valence electrons. The van der Waals surface area contributed by atoms with E-state index in [0.717, 1.165) is 18.7 Å². The lowest BCUT2D eigenvalue weighted by Gasteiger charge is -2.32. The predicted octanol–water partition coefficient (Wildman–Crippen LogP) is 2.06. The Morgan fingerprint density at radius 3 is 2.42 bits per heavy atom. The van der Waals surface area contributed by atoms with Gasteiger partial charge in [0.25, 0.3) is 15.9 Å². The van der Waals surface area contributed by atoms with Gasteiger partial charge in [-0.1, -0.05) is 0 Å². The second kappa shape index (κ2) is 7.43. The van der Waals surface area contributed by atoms with E-state index < -0.39 is 15.8 Å². The highest BCUT2D eigenvalue weighted by atomic mass is 32.2. The van der Waals surface area contributed by atoms with E-state index in [0.29, 0.717) is 24.3 Å². The third-order valence-corrected chi connectivity index (χ3v) is 5.56. The summed E-state index contributed by atoms with van der Waals surface area (Å²) in [5.41, 5.74) is 0.836. The van der Waals surface area contributed by atoms with Crippen LogP contribution in [0.4, 0.5) is 10.1 Å². The molecule has 8 heteroatoms. The lowest BCUT2D eigenvalue weighted by molar-refractivity contribution is 0.0709. The van der Waals surface area contributed by atoms with Gasteiger partial charge >= 0.3 is 0 Å². The monoisotopic (exact) mass is 377 g/mol. The second-order valence-corrected chi connectivity index (χ2v) is 7.93. The molecule has 0 spiro atoms. The summed E-state index contributed by atoms with van der Waals surface area (Å²) in [5, 5.41) is 3.28. The van der Waals surface area contributed by atoms with Crippen molar-refractivity contribution < 1.29 is 17.6 Å². The van der Waals surface area contributed by atoms with Crippen molar-refractivity contribution in [3.63, 3.8) is 0 Å². The smallest absolute Gasteiger partial charge is 0.261 e. The van der Waals surface area contributed by atoms with Crippen LogP contribution >= 0.6 is 0 Å². The number of benzene rings is 2. The highest BCUT2D eigenvalue weighted by Crippen LogP contribution is 2.18. The Morgan fingerprint density at radius 2 is 1.81 bits per heavy atom. The zero-order chi connectivity index (χ0) is 18.7. The summed E-state index contributed by atoms with van der Waals surface area (Å²) in [7, 11) is -3.81. The van der Waals surface area contributed by atoms with Gasteiger partial charge in [-0.15, -0.1) is 0 Å². The Bertz CT molecular complexity index is 883. The van der Waals surface area contributed by atoms with Gasteiger partial charge in [0.1, 0.15) is 5.82 Å². The summed E-state index contributed by atoms with van der Waals surface area (Å²) >= 11 is 0. The van der Waals surface area contributed by atoms with E-state index in [1.807, 2.05) is 6.92 Å². The van der Waals surface area contributed by atoms with Crippen molar-refractivity contribution in [3.05, 3.63) is 59.9 Å². The van der Waals surface area contributed by atoms with Crippen LogP contribution in [0.25, 0.3) is 0 Å². The lowest BCUT2D eigenvalue weighted by Crippen LogP contribution is -2.51. The minimum absolute atomic E-state index is 0.0335. The van der Waals surface area contributed by atoms with Gasteiger partial charge in [0.2, 0.25) is 0 Å². The van der Waals surface area contributed by atoms with Gasteiger partial charge in [0.05, 0.1) is 4.90 Å². The van der Waals surface area contributed by atoms with Crippen LogP contribution in [0.3, 0.4) is 0 Å². The number of carbonyl (C=O) groups is 1. The zero-order valence-corrected chi connectivity index (χ0v) is 15.1. The molecule has 1 fully saturated rings. The van der Waals surface area contributed by atoms with E-state index in [4.69, 9.17) is 0 Å². The number of sulfonamides is 1. The fraction of sp³-hybridized carbons (Fsp3) is 0.278. The van der Waals surface area contributed by atoms with E-state index in [1.54, 1.807) is 29.2 Å². The first kappa shape index (κ1) is 18.3. The molecule has 6 nitrogen and oxygen atoms in total. The Morgan fingerprint density at radius 1 is 1.15 bits per heavy atom. The van der Waals surface area contributed by atoms with Crippen LogP contribution < -0.4 is 10.0 Å². The molecule has 1 atom stereocenters. The van der Waals surface area contributed by atoms with E-state index >= 15 is 0 Å². The molecule has 1 aliphatic rings. The largest absolute Gasteiger partial charge is 0.336 e. The molecule has 3 rings (SSSR count). The maximum Gasteiger partial charge on any atom is 0.261 e. The molecule has 0 saturated carbocycles. The van der Waals surface area contributed by atoms with Gasteiger partial charge in [-0.2, -0.15) is 0 Å². The number of nitrogens with one attached hydrogen (secondary N) is 2. The molecule has 2 aromatic rings. The molecule has 1 amide bonds. The molecule has 0 aromatic heterocycles. The first-order chi connectivity index (χ1) is 12.3. The summed E-state index contributed by atoms with van der Waals surface area (Å²) < 4.78 is 40.0. The van der Waals surface area contributed by atoms with Gasteiger partial charge < -0.3 is 10.2 Å². The van der Waals surface area contributed by atoms with Crippen molar-refractivity contribution >= 4 is 21.6 Å². The maximum absolute atomic E-state index is 12.9. The van der Waals surface area contributed by atoms with E-state index in [9.17, 15) is 17.6 Å². The molecule has 1 saturated heterocycles. The zero-order valence-electron chi connectivity index (χ0n) is 14.3. The van der Waals surface area contributed by atoms with Crippen LogP contribution in [0, 0.1) is 5.82 Å². The topological polar surface area (TPSA) is 78.5 Å². The summed E-state index contributed by atoms with van der Waals surface area (Å²) in [5.74, 6) is -0.583. The van der Waals surface area contributed by atoms with Crippen LogP contribution in [0.1, 0.15) is 17.3 Å². The number of piperazine rings is 1. The van der Waals surface area contributed by atoms with Crippen LogP contribution in [0.2, 0.25) is 0 Å². The summed E-state index contributed by atoms with van der Waals surface area (Å²) in [4.78, 5) is 14.3. The normalized spacial score (nSPS) is 17.8. The number of hydrogen-bond donors (Lipinski definition) is 2. The molecule has 0 bridgehead atoms. The molecule has 0 radical (unpaired) electrons. The molecule has 2 aromatic carbocycles. The van der Waals surface area contributed by atoms with Crippen LogP contribution in [0.15, 0.2) is 53.4 Å². The third kappa shape index (κ3) is 4.20. The quantitative estimate of drug-likeness (QED) is 0.855. The Hall–Kier alpha value is -2.45. The first-order valence-electron chi connectivity index (χ1n) is 8.26. The van der Waals surface area contributed by atoms with Crippen molar-refractivity contribution in [2.24, 2.45) is 0 Å². The number of nitrogens with zero attached hydrogens (tertiary/aromatic N) is 1. The first-order valence-corrected chi connectivity index (χ1v) is 9.74. The minimum Gasteiger partial charge on any atom is -0.336 e. The van der Waals surface area contributed by atoms with Crippen molar-refractivity contribution in [2.75, 3.05) is 24.4 Å². The molecule has 2 N–H and O–H groups in total. The maximum atomic E-state index is 12.9. The van der Waals surface area contributed by atoms with Crippen molar-refractivity contribution in [1.29, 1.82) is 0 Å². The highest BCUT2D eigenvalue weighted by Gasteiger charge is 2.21. The number of anilines is 1.